The molecular formula is C17H18N4O3. The van der Waals surface area contributed by atoms with Crippen LogP contribution >= 0.6 is 0 Å². The van der Waals surface area contributed by atoms with Crippen LogP contribution in [-0.4, -0.2) is 36.2 Å². The molecule has 7 nitrogen and oxygen atoms in total. The fourth-order valence-electron chi connectivity index (χ4n) is 2.87. The van der Waals surface area contributed by atoms with Crippen molar-refractivity contribution in [1.82, 2.24) is 4.98 Å². The number of anilines is 2. The Kier molecular flexibility index (Phi) is 4.33. The summed E-state index contributed by atoms with van der Waals surface area (Å²) in [5.41, 5.74) is 5.77. The van der Waals surface area contributed by atoms with Crippen molar-refractivity contribution in [1.29, 1.82) is 0 Å². The maximum Gasteiger partial charge on any atom is 0.404 e. The van der Waals surface area contributed by atoms with E-state index in [0.29, 0.717) is 18.7 Å². The Morgan fingerprint density at radius 3 is 3.00 bits per heavy atom. The molecule has 0 bridgehead atoms. The van der Waals surface area contributed by atoms with Crippen LogP contribution in [0.15, 0.2) is 43.1 Å². The first-order valence-electron chi connectivity index (χ1n) is 7.60. The van der Waals surface area contributed by atoms with Crippen LogP contribution in [-0.2, 0) is 9.53 Å². The summed E-state index contributed by atoms with van der Waals surface area (Å²) in [5.74, 6) is 0.569. The lowest BCUT2D eigenvalue weighted by Gasteiger charge is -2.19. The minimum Gasteiger partial charge on any atom is -0.444 e. The van der Waals surface area contributed by atoms with E-state index in [-0.39, 0.29) is 12.0 Å². The fraction of sp³-hybridized carbons (Fsp3) is 0.235. The third-order valence-electron chi connectivity index (χ3n) is 3.92. The lowest BCUT2D eigenvalue weighted by molar-refractivity contribution is -0.111. The highest BCUT2D eigenvalue weighted by atomic mass is 16.6. The first-order valence-corrected chi connectivity index (χ1v) is 7.60. The molecule has 1 saturated heterocycles. The zero-order valence-electron chi connectivity index (χ0n) is 13.1. The summed E-state index contributed by atoms with van der Waals surface area (Å²) in [6, 6.07) is 7.51. The molecule has 1 atom stereocenters. The molecule has 124 valence electrons. The van der Waals surface area contributed by atoms with Crippen LogP contribution in [0, 0.1) is 0 Å². The number of hydrogen-bond acceptors (Lipinski definition) is 5. The minimum atomic E-state index is -0.754. The minimum absolute atomic E-state index is 0.217. The Balaban J connectivity index is 1.85. The molecule has 1 unspecified atom stereocenters. The third-order valence-corrected chi connectivity index (χ3v) is 3.92. The molecule has 0 aliphatic carbocycles. The fourth-order valence-corrected chi connectivity index (χ4v) is 2.87. The second kappa shape index (κ2) is 6.57. The Labute approximate surface area is 139 Å². The molecule has 2 aromatic rings. The van der Waals surface area contributed by atoms with Crippen LogP contribution in [0.3, 0.4) is 0 Å². The van der Waals surface area contributed by atoms with Gasteiger partial charge in [-0.1, -0.05) is 6.58 Å². The van der Waals surface area contributed by atoms with Crippen molar-refractivity contribution in [3.63, 3.8) is 0 Å². The van der Waals surface area contributed by atoms with Crippen LogP contribution in [0.5, 0.6) is 0 Å². The third kappa shape index (κ3) is 3.29. The normalized spacial score (nSPS) is 16.8. The zero-order chi connectivity index (χ0) is 17.1. The molecule has 24 heavy (non-hydrogen) atoms. The van der Waals surface area contributed by atoms with Gasteiger partial charge >= 0.3 is 6.09 Å². The molecule has 1 aromatic heterocycles. The van der Waals surface area contributed by atoms with Crippen molar-refractivity contribution in [2.75, 3.05) is 23.3 Å². The highest BCUT2D eigenvalue weighted by Crippen LogP contribution is 2.29. The topological polar surface area (TPSA) is 97.5 Å². The van der Waals surface area contributed by atoms with Crippen molar-refractivity contribution in [3.05, 3.63) is 43.1 Å². The van der Waals surface area contributed by atoms with Gasteiger partial charge in [0.05, 0.1) is 6.54 Å². The highest BCUT2D eigenvalue weighted by Gasteiger charge is 2.26. The van der Waals surface area contributed by atoms with Crippen molar-refractivity contribution < 1.29 is 14.3 Å². The van der Waals surface area contributed by atoms with Gasteiger partial charge in [0.2, 0.25) is 5.91 Å². The quantitative estimate of drug-likeness (QED) is 0.838. The Morgan fingerprint density at radius 2 is 2.25 bits per heavy atom. The average Bonchev–Trinajstić information content (AvgIpc) is 3.01. The van der Waals surface area contributed by atoms with Gasteiger partial charge in [0.15, 0.2) is 0 Å². The number of aromatic nitrogens is 1. The van der Waals surface area contributed by atoms with Gasteiger partial charge in [0.1, 0.15) is 11.9 Å². The first kappa shape index (κ1) is 15.8. The molecule has 2 amide bonds. The lowest BCUT2D eigenvalue weighted by atomic mass is 10.1. The van der Waals surface area contributed by atoms with Crippen LogP contribution in [0.2, 0.25) is 0 Å². The molecule has 1 fully saturated rings. The number of primary amides is 1. The number of nitrogens with two attached hydrogens (primary N) is 1. The van der Waals surface area contributed by atoms with Gasteiger partial charge in [-0.3, -0.25) is 4.79 Å². The van der Waals surface area contributed by atoms with Gasteiger partial charge in [0.25, 0.3) is 0 Å². The molecule has 1 aliphatic rings. The summed E-state index contributed by atoms with van der Waals surface area (Å²) < 4.78 is 5.06. The Bertz CT molecular complexity index is 806. The second-order valence-electron chi connectivity index (χ2n) is 5.56. The molecule has 3 N–H and O–H groups in total. The van der Waals surface area contributed by atoms with Crippen molar-refractivity contribution in [3.8, 4) is 0 Å². The molecule has 0 radical (unpaired) electrons. The van der Waals surface area contributed by atoms with E-state index in [1.807, 2.05) is 24.3 Å². The lowest BCUT2D eigenvalue weighted by Crippen LogP contribution is -2.27. The number of nitrogens with one attached hydrogen (secondary N) is 1. The standard InChI is InChI=1S/C17H18N4O3/c1-2-15(22)20-12-3-4-14-11(9-12)5-7-19-16(14)21-8-6-13(10-21)24-17(18)23/h2-5,7,9,13H,1,6,8,10H2,(H2,18,23)(H,20,22). The number of amides is 2. The van der Waals surface area contributed by atoms with Crippen LogP contribution < -0.4 is 16.0 Å². The molecule has 3 rings (SSSR count). The van der Waals surface area contributed by atoms with E-state index < -0.39 is 6.09 Å². The number of ether oxygens (including phenoxy) is 1. The molecule has 0 spiro atoms. The predicted molar refractivity (Wildman–Crippen MR) is 91.9 cm³/mol. The number of carbonyl (C=O) groups is 2. The maximum atomic E-state index is 11.4. The predicted octanol–water partition coefficient (Wildman–Crippen LogP) is 2.03. The van der Waals surface area contributed by atoms with E-state index in [1.165, 1.54) is 6.08 Å². The second-order valence-corrected chi connectivity index (χ2v) is 5.56. The number of carbonyl (C=O) groups excluding carboxylic acids is 2. The van der Waals surface area contributed by atoms with Crippen molar-refractivity contribution in [2.45, 2.75) is 12.5 Å². The van der Waals surface area contributed by atoms with Gasteiger partial charge in [-0.25, -0.2) is 9.78 Å². The number of hydrogen-bond donors (Lipinski definition) is 2. The summed E-state index contributed by atoms with van der Waals surface area (Å²) in [6.45, 7) is 4.73. The average molecular weight is 326 g/mol. The summed E-state index contributed by atoms with van der Waals surface area (Å²) in [5, 5.41) is 4.66. The van der Waals surface area contributed by atoms with Crippen molar-refractivity contribution >= 4 is 34.3 Å². The molecule has 0 saturated carbocycles. The number of fused-ring (bicyclic) bond motifs is 1. The molecule has 2 heterocycles. The zero-order valence-corrected chi connectivity index (χ0v) is 13.1. The van der Waals surface area contributed by atoms with E-state index in [1.54, 1.807) is 6.20 Å². The van der Waals surface area contributed by atoms with Gasteiger partial charge in [-0.05, 0) is 35.7 Å². The molecule has 7 heteroatoms. The Hall–Kier alpha value is -3.09. The van der Waals surface area contributed by atoms with Crippen LogP contribution in [0.1, 0.15) is 6.42 Å². The van der Waals surface area contributed by atoms with E-state index in [4.69, 9.17) is 10.5 Å². The van der Waals surface area contributed by atoms with Gasteiger partial charge < -0.3 is 20.7 Å². The molecule has 1 aromatic carbocycles. The summed E-state index contributed by atoms with van der Waals surface area (Å²) in [4.78, 5) is 28.8. The van der Waals surface area contributed by atoms with Crippen LogP contribution in [0.25, 0.3) is 10.8 Å². The van der Waals surface area contributed by atoms with Gasteiger partial charge in [-0.2, -0.15) is 0 Å². The summed E-state index contributed by atoms with van der Waals surface area (Å²) in [7, 11) is 0. The number of rotatable bonds is 4. The largest absolute Gasteiger partial charge is 0.444 e. The van der Waals surface area contributed by atoms with Gasteiger partial charge in [-0.15, -0.1) is 0 Å². The maximum absolute atomic E-state index is 11.4. The first-order chi connectivity index (χ1) is 11.6. The van der Waals surface area contributed by atoms with E-state index >= 15 is 0 Å². The summed E-state index contributed by atoms with van der Waals surface area (Å²) in [6.07, 6.45) is 2.69. The molecule has 1 aliphatic heterocycles. The highest BCUT2D eigenvalue weighted by molar-refractivity contribution is 6.01. The number of benzene rings is 1. The number of nitrogens with zero attached hydrogens (tertiary/aromatic N) is 2. The number of pyridine rings is 1. The smallest absolute Gasteiger partial charge is 0.404 e. The van der Waals surface area contributed by atoms with Gasteiger partial charge in [0, 0.05) is 30.2 Å². The monoisotopic (exact) mass is 326 g/mol. The van der Waals surface area contributed by atoms with E-state index in [0.717, 1.165) is 23.1 Å². The van der Waals surface area contributed by atoms with E-state index in [2.05, 4.69) is 21.8 Å². The SMILES string of the molecule is C=CC(=O)Nc1ccc2c(N3CCC(OC(N)=O)C3)nccc2c1. The van der Waals surface area contributed by atoms with E-state index in [9.17, 15) is 9.59 Å². The Morgan fingerprint density at radius 1 is 1.42 bits per heavy atom. The summed E-state index contributed by atoms with van der Waals surface area (Å²) >= 11 is 0. The molecular weight excluding hydrogens is 308 g/mol. The van der Waals surface area contributed by atoms with Crippen LogP contribution in [0.4, 0.5) is 16.3 Å². The van der Waals surface area contributed by atoms with Crippen molar-refractivity contribution in [2.24, 2.45) is 5.73 Å².